The number of benzene rings is 1. The van der Waals surface area contributed by atoms with E-state index in [0.717, 1.165) is 35.6 Å². The van der Waals surface area contributed by atoms with Crippen LogP contribution in [0.25, 0.3) is 17.0 Å². The lowest BCUT2D eigenvalue weighted by Crippen LogP contribution is -2.26. The standard InChI is InChI=1S/C23H24FN5O/c1-30-15-5-13-28(16-20-6-2-3-11-25-20)17-21-22(18-7-9-19(24)10-8-18)27-23-26-12-4-14-29(21)23/h2-4,6-12,14H,5,13,15-17H2,1H3. The molecule has 4 aromatic rings. The van der Waals surface area contributed by atoms with Crippen molar-refractivity contribution in [3.05, 3.63) is 84.3 Å². The molecule has 6 nitrogen and oxygen atoms in total. The fourth-order valence-corrected chi connectivity index (χ4v) is 3.50. The quantitative estimate of drug-likeness (QED) is 0.395. The third kappa shape index (κ3) is 4.69. The predicted octanol–water partition coefficient (Wildman–Crippen LogP) is 3.97. The number of hydrogen-bond acceptors (Lipinski definition) is 5. The molecule has 0 spiro atoms. The SMILES string of the molecule is COCCCN(Cc1ccccn1)Cc1c(-c2ccc(F)cc2)nc2ncccn12. The molecule has 3 heterocycles. The van der Waals surface area contributed by atoms with Crippen molar-refractivity contribution in [3.8, 4) is 11.3 Å². The van der Waals surface area contributed by atoms with Crippen molar-refractivity contribution in [2.45, 2.75) is 19.5 Å². The Hall–Kier alpha value is -3.16. The molecule has 1 aromatic carbocycles. The van der Waals surface area contributed by atoms with E-state index in [2.05, 4.69) is 14.9 Å². The normalized spacial score (nSPS) is 11.4. The second-order valence-electron chi connectivity index (χ2n) is 7.08. The number of ether oxygens (including phenoxy) is 1. The highest BCUT2D eigenvalue weighted by Crippen LogP contribution is 2.26. The van der Waals surface area contributed by atoms with Gasteiger partial charge in [-0.1, -0.05) is 6.07 Å². The van der Waals surface area contributed by atoms with Crippen molar-refractivity contribution >= 4 is 5.78 Å². The number of hydrogen-bond donors (Lipinski definition) is 0. The van der Waals surface area contributed by atoms with Gasteiger partial charge in [-0.3, -0.25) is 14.3 Å². The van der Waals surface area contributed by atoms with Gasteiger partial charge in [-0.25, -0.2) is 14.4 Å². The summed E-state index contributed by atoms with van der Waals surface area (Å²) < 4.78 is 20.7. The summed E-state index contributed by atoms with van der Waals surface area (Å²) >= 11 is 0. The summed E-state index contributed by atoms with van der Waals surface area (Å²) in [4.78, 5) is 15.9. The minimum atomic E-state index is -0.265. The summed E-state index contributed by atoms with van der Waals surface area (Å²) in [6.45, 7) is 2.90. The molecule has 0 aliphatic carbocycles. The van der Waals surface area contributed by atoms with Crippen LogP contribution in [0, 0.1) is 5.82 Å². The summed E-state index contributed by atoms with van der Waals surface area (Å²) in [5.41, 5.74) is 3.70. The van der Waals surface area contributed by atoms with Crippen molar-refractivity contribution in [2.75, 3.05) is 20.3 Å². The van der Waals surface area contributed by atoms with E-state index in [0.29, 0.717) is 25.5 Å². The number of nitrogens with zero attached hydrogens (tertiary/aromatic N) is 5. The minimum Gasteiger partial charge on any atom is -0.385 e. The first-order valence-corrected chi connectivity index (χ1v) is 9.93. The second kappa shape index (κ2) is 9.56. The Balaban J connectivity index is 1.69. The van der Waals surface area contributed by atoms with Gasteiger partial charge in [0.25, 0.3) is 0 Å². The van der Waals surface area contributed by atoms with Gasteiger partial charge in [0.05, 0.1) is 17.1 Å². The van der Waals surface area contributed by atoms with Crippen LogP contribution in [0.1, 0.15) is 17.8 Å². The summed E-state index contributed by atoms with van der Waals surface area (Å²) in [7, 11) is 1.71. The summed E-state index contributed by atoms with van der Waals surface area (Å²) in [5.74, 6) is 0.361. The first-order chi connectivity index (χ1) is 14.7. The molecule has 7 heteroatoms. The Morgan fingerprint density at radius 1 is 1.00 bits per heavy atom. The van der Waals surface area contributed by atoms with Gasteiger partial charge in [-0.05, 0) is 48.9 Å². The molecule has 0 unspecified atom stereocenters. The molecule has 0 bridgehead atoms. The first kappa shape index (κ1) is 20.1. The highest BCUT2D eigenvalue weighted by atomic mass is 19.1. The average molecular weight is 405 g/mol. The topological polar surface area (TPSA) is 55.5 Å². The van der Waals surface area contributed by atoms with E-state index >= 15 is 0 Å². The number of pyridine rings is 1. The number of methoxy groups -OCH3 is 1. The first-order valence-electron chi connectivity index (χ1n) is 9.93. The number of halogens is 1. The summed E-state index contributed by atoms with van der Waals surface area (Å²) in [5, 5.41) is 0. The molecule has 0 saturated heterocycles. The molecule has 0 fully saturated rings. The van der Waals surface area contributed by atoms with E-state index in [1.54, 1.807) is 25.4 Å². The van der Waals surface area contributed by atoms with Gasteiger partial charge in [0.1, 0.15) is 5.82 Å². The fourth-order valence-electron chi connectivity index (χ4n) is 3.50. The van der Waals surface area contributed by atoms with E-state index in [1.165, 1.54) is 12.1 Å². The molecule has 0 radical (unpaired) electrons. The zero-order chi connectivity index (χ0) is 20.8. The minimum absolute atomic E-state index is 0.265. The van der Waals surface area contributed by atoms with Crippen LogP contribution in [0.3, 0.4) is 0 Å². The number of fused-ring (bicyclic) bond motifs is 1. The van der Waals surface area contributed by atoms with Crippen molar-refractivity contribution < 1.29 is 9.13 Å². The van der Waals surface area contributed by atoms with Crippen LogP contribution in [0.2, 0.25) is 0 Å². The van der Waals surface area contributed by atoms with Crippen LogP contribution in [-0.4, -0.2) is 44.5 Å². The molecule has 154 valence electrons. The van der Waals surface area contributed by atoms with Crippen LogP contribution in [0.4, 0.5) is 4.39 Å². The highest BCUT2D eigenvalue weighted by Gasteiger charge is 2.18. The maximum Gasteiger partial charge on any atom is 0.234 e. The monoisotopic (exact) mass is 405 g/mol. The maximum absolute atomic E-state index is 13.5. The van der Waals surface area contributed by atoms with Crippen LogP contribution in [-0.2, 0) is 17.8 Å². The Kier molecular flexibility index (Phi) is 6.41. The number of imidazole rings is 1. The van der Waals surface area contributed by atoms with Gasteiger partial charge >= 0.3 is 0 Å². The Morgan fingerprint density at radius 3 is 2.60 bits per heavy atom. The molecular formula is C23H24FN5O. The largest absolute Gasteiger partial charge is 0.385 e. The number of aromatic nitrogens is 4. The van der Waals surface area contributed by atoms with E-state index in [9.17, 15) is 4.39 Å². The number of rotatable bonds is 9. The van der Waals surface area contributed by atoms with Crippen molar-refractivity contribution in [3.63, 3.8) is 0 Å². The van der Waals surface area contributed by atoms with Crippen LogP contribution < -0.4 is 0 Å². The van der Waals surface area contributed by atoms with Gasteiger partial charge in [0.2, 0.25) is 5.78 Å². The van der Waals surface area contributed by atoms with Gasteiger partial charge in [0, 0.05) is 57.5 Å². The average Bonchev–Trinajstić information content (AvgIpc) is 3.13. The Labute approximate surface area is 175 Å². The van der Waals surface area contributed by atoms with Crippen LogP contribution in [0.5, 0.6) is 0 Å². The zero-order valence-corrected chi connectivity index (χ0v) is 16.9. The van der Waals surface area contributed by atoms with Gasteiger partial charge in [0.15, 0.2) is 0 Å². The smallest absolute Gasteiger partial charge is 0.234 e. The third-order valence-electron chi connectivity index (χ3n) is 4.93. The van der Waals surface area contributed by atoms with E-state index in [1.807, 2.05) is 41.1 Å². The Bertz CT molecular complexity index is 1080. The lowest BCUT2D eigenvalue weighted by molar-refractivity contribution is 0.165. The third-order valence-corrected chi connectivity index (χ3v) is 4.93. The molecule has 4 rings (SSSR count). The van der Waals surface area contributed by atoms with Crippen molar-refractivity contribution in [2.24, 2.45) is 0 Å². The van der Waals surface area contributed by atoms with Crippen molar-refractivity contribution in [1.29, 1.82) is 0 Å². The van der Waals surface area contributed by atoms with Gasteiger partial charge in [-0.2, -0.15) is 0 Å². The molecule has 0 amide bonds. The van der Waals surface area contributed by atoms with Crippen molar-refractivity contribution in [1.82, 2.24) is 24.3 Å². The molecule has 0 atom stereocenters. The lowest BCUT2D eigenvalue weighted by atomic mass is 10.1. The molecule has 0 aliphatic rings. The second-order valence-corrected chi connectivity index (χ2v) is 7.08. The van der Waals surface area contributed by atoms with Gasteiger partial charge in [-0.15, -0.1) is 0 Å². The molecule has 0 N–H and O–H groups in total. The van der Waals surface area contributed by atoms with Crippen LogP contribution in [0.15, 0.2) is 67.1 Å². The Morgan fingerprint density at radius 2 is 1.83 bits per heavy atom. The zero-order valence-electron chi connectivity index (χ0n) is 16.9. The van der Waals surface area contributed by atoms with E-state index < -0.39 is 0 Å². The maximum atomic E-state index is 13.5. The molecule has 30 heavy (non-hydrogen) atoms. The van der Waals surface area contributed by atoms with Gasteiger partial charge < -0.3 is 4.74 Å². The molecule has 3 aromatic heterocycles. The van der Waals surface area contributed by atoms with Crippen LogP contribution >= 0.6 is 0 Å². The highest BCUT2D eigenvalue weighted by molar-refractivity contribution is 5.65. The summed E-state index contributed by atoms with van der Waals surface area (Å²) in [6.07, 6.45) is 6.41. The van der Waals surface area contributed by atoms with E-state index in [-0.39, 0.29) is 5.82 Å². The fraction of sp³-hybridized carbons (Fsp3) is 0.261. The summed E-state index contributed by atoms with van der Waals surface area (Å²) in [6, 6.07) is 14.3. The molecule has 0 aliphatic heterocycles. The molecular weight excluding hydrogens is 381 g/mol. The molecule has 0 saturated carbocycles. The lowest BCUT2D eigenvalue weighted by Gasteiger charge is -2.22. The van der Waals surface area contributed by atoms with E-state index in [4.69, 9.17) is 9.72 Å². The predicted molar refractivity (Wildman–Crippen MR) is 113 cm³/mol.